The lowest BCUT2D eigenvalue weighted by Crippen LogP contribution is -2.26. The first-order valence-electron chi connectivity index (χ1n) is 13.8. The molecule has 1 amide bonds. The summed E-state index contributed by atoms with van der Waals surface area (Å²) < 4.78 is 22.2. The van der Waals surface area contributed by atoms with E-state index in [1.165, 1.54) is 45.3 Å². The number of rotatable bonds is 9. The normalized spacial score (nSPS) is 13.2. The fourth-order valence-corrected chi connectivity index (χ4v) is 4.91. The van der Waals surface area contributed by atoms with E-state index in [-0.39, 0.29) is 11.7 Å². The molecular formula is C32H30FN7O3. The number of nitrogen functional groups attached to an aromatic ring is 1. The molecule has 0 saturated heterocycles. The van der Waals surface area contributed by atoms with Gasteiger partial charge in [-0.05, 0) is 74.5 Å². The fraction of sp³-hybridized carbons (Fsp3) is 0.188. The second-order valence-electron chi connectivity index (χ2n) is 10.4. The Morgan fingerprint density at radius 1 is 1.00 bits per heavy atom. The topological polar surface area (TPSA) is 112 Å². The lowest BCUT2D eigenvalue weighted by molar-refractivity contribution is -0.113. The van der Waals surface area contributed by atoms with Crippen LogP contribution in [0.1, 0.15) is 12.8 Å². The number of ether oxygens (including phenoxy) is 1. The van der Waals surface area contributed by atoms with Gasteiger partial charge >= 0.3 is 5.69 Å². The monoisotopic (exact) mass is 579 g/mol. The summed E-state index contributed by atoms with van der Waals surface area (Å²) in [6.45, 7) is 0.707. The zero-order valence-corrected chi connectivity index (χ0v) is 23.7. The van der Waals surface area contributed by atoms with Gasteiger partial charge in [0.05, 0.1) is 11.4 Å². The quantitative estimate of drug-likeness (QED) is 0.252. The third-order valence-electron chi connectivity index (χ3n) is 7.41. The number of carbonyl (C=O) groups excluding carboxylic acids is 1. The maximum Gasteiger partial charge on any atom is 0.339 e. The number of benzene rings is 3. The number of amides is 1. The summed E-state index contributed by atoms with van der Waals surface area (Å²) in [6.07, 6.45) is 7.14. The molecule has 0 aliphatic heterocycles. The molecule has 2 heterocycles. The third-order valence-corrected chi connectivity index (χ3v) is 7.41. The Bertz CT molecular complexity index is 1890. The van der Waals surface area contributed by atoms with Gasteiger partial charge in [-0.3, -0.25) is 14.3 Å². The molecule has 2 aromatic heterocycles. The van der Waals surface area contributed by atoms with Crippen molar-refractivity contribution in [2.45, 2.75) is 18.9 Å². The molecule has 0 atom stereocenters. The van der Waals surface area contributed by atoms with Crippen molar-refractivity contribution in [1.82, 2.24) is 24.0 Å². The molecule has 0 bridgehead atoms. The average Bonchev–Trinajstić information content (AvgIpc) is 3.81. The Morgan fingerprint density at radius 2 is 1.77 bits per heavy atom. The zero-order valence-electron chi connectivity index (χ0n) is 23.7. The van der Waals surface area contributed by atoms with Crippen LogP contribution in [0.3, 0.4) is 0 Å². The highest BCUT2D eigenvalue weighted by Gasteiger charge is 2.25. The predicted octanol–water partition coefficient (Wildman–Crippen LogP) is 4.70. The van der Waals surface area contributed by atoms with Gasteiger partial charge in [-0.1, -0.05) is 18.2 Å². The van der Waals surface area contributed by atoms with Crippen molar-refractivity contribution in [3.8, 4) is 22.9 Å². The number of anilines is 2. The van der Waals surface area contributed by atoms with E-state index in [0.717, 1.165) is 0 Å². The summed E-state index contributed by atoms with van der Waals surface area (Å²) >= 11 is 0. The van der Waals surface area contributed by atoms with Crippen LogP contribution in [0.4, 0.5) is 15.9 Å². The second-order valence-corrected chi connectivity index (χ2v) is 10.4. The molecule has 6 rings (SSSR count). The number of aromatic nitrogens is 4. The molecule has 11 heteroatoms. The van der Waals surface area contributed by atoms with Crippen LogP contribution >= 0.6 is 0 Å². The molecular weight excluding hydrogens is 549 g/mol. The average molecular weight is 580 g/mol. The van der Waals surface area contributed by atoms with Crippen LogP contribution in [0.5, 0.6) is 11.5 Å². The number of carbonyl (C=O) groups is 1. The predicted molar refractivity (Wildman–Crippen MR) is 164 cm³/mol. The summed E-state index contributed by atoms with van der Waals surface area (Å²) in [4.78, 5) is 39.1. The molecule has 0 radical (unpaired) electrons. The Kier molecular flexibility index (Phi) is 7.47. The van der Waals surface area contributed by atoms with Crippen LogP contribution in [0.2, 0.25) is 0 Å². The van der Waals surface area contributed by atoms with Crippen molar-refractivity contribution < 1.29 is 13.9 Å². The molecule has 10 nitrogen and oxygen atoms in total. The van der Waals surface area contributed by atoms with E-state index in [4.69, 9.17) is 10.5 Å². The number of hydrogen-bond donors (Lipinski definition) is 1. The van der Waals surface area contributed by atoms with Crippen molar-refractivity contribution >= 4 is 28.6 Å². The van der Waals surface area contributed by atoms with E-state index in [9.17, 15) is 14.0 Å². The van der Waals surface area contributed by atoms with Crippen LogP contribution in [0, 0.1) is 5.82 Å². The van der Waals surface area contributed by atoms with Crippen LogP contribution in [0.15, 0.2) is 96.1 Å². The number of likely N-dealkylation sites (N-methyl/N-ethyl adjacent to an activating group) is 2. The lowest BCUT2D eigenvalue weighted by Gasteiger charge is -2.17. The number of fused-ring (bicyclic) bond motifs is 1. The fourth-order valence-electron chi connectivity index (χ4n) is 4.91. The Hall–Kier alpha value is -5.29. The van der Waals surface area contributed by atoms with E-state index < -0.39 is 11.5 Å². The van der Waals surface area contributed by atoms with Crippen LogP contribution in [-0.2, 0) is 4.79 Å². The molecule has 0 unspecified atom stereocenters. The van der Waals surface area contributed by atoms with E-state index in [2.05, 4.69) is 21.9 Å². The highest BCUT2D eigenvalue weighted by molar-refractivity contribution is 6.01. The van der Waals surface area contributed by atoms with Gasteiger partial charge in [0.15, 0.2) is 11.5 Å². The van der Waals surface area contributed by atoms with Crippen LogP contribution in [-0.4, -0.2) is 56.6 Å². The Labute approximate surface area is 247 Å². The highest BCUT2D eigenvalue weighted by Crippen LogP contribution is 2.28. The number of hydrogen-bond acceptors (Lipinski definition) is 7. The maximum absolute atomic E-state index is 14.0. The minimum Gasteiger partial charge on any atom is -0.457 e. The number of nitrogens with zero attached hydrogens (tertiary/aromatic N) is 6. The molecule has 5 aromatic rings. The van der Waals surface area contributed by atoms with E-state index >= 15 is 0 Å². The standard InChI is InChI=1S/C32H30FN7O3/c1-37(22-11-12-22)17-5-10-28(41)38(2)24-7-4-8-25(19-24)40-31-29(30(34)35-20-36-31)39(32(40)42)23-13-15-26(16-14-23)43-27-9-3-6-21(33)18-27/h3-10,13-16,18-20,22H,11-12,17H2,1-2H3,(H2,34,35,36). The van der Waals surface area contributed by atoms with Crippen molar-refractivity contribution in [2.24, 2.45) is 0 Å². The molecule has 2 N–H and O–H groups in total. The molecule has 3 aromatic carbocycles. The molecule has 1 aliphatic carbocycles. The summed E-state index contributed by atoms with van der Waals surface area (Å²) in [5, 5.41) is 0. The second kappa shape index (κ2) is 11.5. The lowest BCUT2D eigenvalue weighted by atomic mass is 10.2. The van der Waals surface area contributed by atoms with Gasteiger partial charge in [0.25, 0.3) is 0 Å². The first-order chi connectivity index (χ1) is 20.8. The van der Waals surface area contributed by atoms with E-state index in [0.29, 0.717) is 52.3 Å². The Balaban J connectivity index is 1.32. The number of nitrogens with two attached hydrogens (primary N) is 1. The molecule has 1 aliphatic rings. The third kappa shape index (κ3) is 5.75. The van der Waals surface area contributed by atoms with Gasteiger partial charge in [-0.2, -0.15) is 0 Å². The summed E-state index contributed by atoms with van der Waals surface area (Å²) in [6, 6.07) is 20.3. The summed E-state index contributed by atoms with van der Waals surface area (Å²) in [7, 11) is 3.75. The van der Waals surface area contributed by atoms with Gasteiger partial charge in [-0.25, -0.2) is 23.7 Å². The van der Waals surface area contributed by atoms with Gasteiger partial charge in [0.1, 0.15) is 29.2 Å². The van der Waals surface area contributed by atoms with Gasteiger partial charge < -0.3 is 15.4 Å². The maximum atomic E-state index is 14.0. The van der Waals surface area contributed by atoms with Crippen molar-refractivity contribution in [3.05, 3.63) is 108 Å². The zero-order chi connectivity index (χ0) is 30.1. The van der Waals surface area contributed by atoms with E-state index in [1.54, 1.807) is 73.8 Å². The highest BCUT2D eigenvalue weighted by atomic mass is 19.1. The summed E-state index contributed by atoms with van der Waals surface area (Å²) in [5.41, 5.74) is 8.11. The van der Waals surface area contributed by atoms with Crippen molar-refractivity contribution in [2.75, 3.05) is 31.3 Å². The number of halogens is 1. The molecule has 218 valence electrons. The molecule has 0 spiro atoms. The smallest absolute Gasteiger partial charge is 0.339 e. The molecule has 43 heavy (non-hydrogen) atoms. The first kappa shape index (κ1) is 27.9. The first-order valence-corrected chi connectivity index (χ1v) is 13.8. The largest absolute Gasteiger partial charge is 0.457 e. The van der Waals surface area contributed by atoms with Crippen LogP contribution in [0.25, 0.3) is 22.5 Å². The summed E-state index contributed by atoms with van der Waals surface area (Å²) in [5.74, 6) is 0.360. The van der Waals surface area contributed by atoms with E-state index in [1.807, 2.05) is 6.08 Å². The van der Waals surface area contributed by atoms with Crippen molar-refractivity contribution in [3.63, 3.8) is 0 Å². The minimum atomic E-state index is -0.421. The molecule has 1 saturated carbocycles. The van der Waals surface area contributed by atoms with Crippen LogP contribution < -0.4 is 21.1 Å². The molecule has 1 fully saturated rings. The SMILES string of the molecule is CN(C(=O)C=CCN(C)C1CC1)c1cccc(-n2c(=O)n(-c3ccc(Oc4cccc(F)c4)cc3)c3c(N)ncnc32)c1. The Morgan fingerprint density at radius 3 is 2.51 bits per heavy atom. The van der Waals surface area contributed by atoms with Crippen molar-refractivity contribution in [1.29, 1.82) is 0 Å². The van der Waals surface area contributed by atoms with Gasteiger partial charge in [0.2, 0.25) is 5.91 Å². The van der Waals surface area contributed by atoms with Gasteiger partial charge in [-0.15, -0.1) is 0 Å². The number of imidazole rings is 1. The minimum absolute atomic E-state index is 0.130. The van der Waals surface area contributed by atoms with Gasteiger partial charge in [0, 0.05) is 37.5 Å².